The highest BCUT2D eigenvalue weighted by Crippen LogP contribution is 2.33. The second-order valence-electron chi connectivity index (χ2n) is 16.5. The second kappa shape index (κ2) is 21.0. The van der Waals surface area contributed by atoms with E-state index >= 15 is 0 Å². The Morgan fingerprint density at radius 3 is 1.48 bits per heavy atom. The highest BCUT2D eigenvalue weighted by molar-refractivity contribution is 4.98. The van der Waals surface area contributed by atoms with Crippen molar-refractivity contribution < 1.29 is 85.3 Å². The molecule has 4 rings (SSSR count). The number of hydrogen-bond donors (Lipinski definition) is 13. The topological polar surface area (TPSA) is 300 Å². The molecule has 0 aromatic heterocycles. The van der Waals surface area contributed by atoms with Crippen LogP contribution in [0.3, 0.4) is 0 Å². The summed E-state index contributed by atoms with van der Waals surface area (Å²) < 4.78 is 21.1. The fraction of sp³-hybridized carbons (Fsp3) is 1.00. The first-order chi connectivity index (χ1) is 23.8. The molecule has 4 fully saturated rings. The summed E-state index contributed by atoms with van der Waals surface area (Å²) in [6.45, 7) is 18.0. The third kappa shape index (κ3) is 12.7. The van der Waals surface area contributed by atoms with E-state index in [0.29, 0.717) is 0 Å². The number of ether oxygens (including phenoxy) is 4. The molecule has 17 heteroatoms. The van der Waals surface area contributed by atoms with Crippen LogP contribution in [0, 0.1) is 23.2 Å². The van der Waals surface area contributed by atoms with Gasteiger partial charge in [-0.3, -0.25) is 0 Å². The number of rotatable bonds is 5. The summed E-state index contributed by atoms with van der Waals surface area (Å²) in [5.41, 5.74) is -1.72. The highest BCUT2D eigenvalue weighted by atomic mass is 16.6. The van der Waals surface area contributed by atoms with Gasteiger partial charge in [0.15, 0.2) is 0 Å². The Morgan fingerprint density at radius 2 is 1.08 bits per heavy atom. The van der Waals surface area contributed by atoms with Gasteiger partial charge in [-0.15, -0.1) is 0 Å². The molecular weight excluding hydrogens is 692 g/mol. The number of aliphatic hydroxyl groups excluding tert-OH is 12. The van der Waals surface area contributed by atoms with Gasteiger partial charge in [0.2, 0.25) is 0 Å². The molecule has 0 amide bonds. The van der Waals surface area contributed by atoms with Crippen LogP contribution in [0.25, 0.3) is 0 Å². The quantitative estimate of drug-likeness (QED) is 0.130. The van der Waals surface area contributed by atoms with Crippen molar-refractivity contribution in [3.8, 4) is 0 Å². The van der Waals surface area contributed by atoms with Gasteiger partial charge in [-0.2, -0.15) is 0 Å². The molecule has 0 radical (unpaired) electrons. The first kappa shape index (κ1) is 49.3. The molecule has 0 saturated carbocycles. The summed E-state index contributed by atoms with van der Waals surface area (Å²) in [6.07, 6.45) is -13.8. The lowest BCUT2D eigenvalue weighted by Gasteiger charge is -2.44. The summed E-state index contributed by atoms with van der Waals surface area (Å²) in [7, 11) is 0. The molecule has 8 unspecified atom stereocenters. The Hall–Kier alpha value is -0.680. The van der Waals surface area contributed by atoms with E-state index in [9.17, 15) is 51.1 Å². The van der Waals surface area contributed by atoms with Crippen molar-refractivity contribution in [3.05, 3.63) is 0 Å². The molecule has 0 spiro atoms. The van der Waals surface area contributed by atoms with Crippen LogP contribution in [0.4, 0.5) is 0 Å². The summed E-state index contributed by atoms with van der Waals surface area (Å²) in [5.74, 6) is 0.295. The third-order valence-electron chi connectivity index (χ3n) is 9.81. The fourth-order valence-electron chi connectivity index (χ4n) is 6.28. The molecule has 0 bridgehead atoms. The lowest BCUT2D eigenvalue weighted by atomic mass is 9.80. The smallest absolute Gasteiger partial charge is 0.139 e. The van der Waals surface area contributed by atoms with Crippen LogP contribution in [-0.4, -0.2) is 196 Å². The summed E-state index contributed by atoms with van der Waals surface area (Å²) in [4.78, 5) is 0. The van der Waals surface area contributed by atoms with Gasteiger partial charge in [-0.05, 0) is 30.1 Å². The predicted molar refractivity (Wildman–Crippen MR) is 186 cm³/mol. The van der Waals surface area contributed by atoms with Crippen molar-refractivity contribution >= 4 is 0 Å². The zero-order valence-electron chi connectivity index (χ0n) is 32.2. The molecule has 4 heterocycles. The zero-order valence-corrected chi connectivity index (χ0v) is 32.2. The van der Waals surface area contributed by atoms with E-state index in [2.05, 4.69) is 0 Å². The minimum Gasteiger partial charge on any atom is -0.394 e. The van der Waals surface area contributed by atoms with Crippen LogP contribution in [-0.2, 0) is 18.9 Å². The van der Waals surface area contributed by atoms with Crippen molar-refractivity contribution in [2.24, 2.45) is 23.2 Å². The molecule has 52 heavy (non-hydrogen) atoms. The van der Waals surface area contributed by atoms with Gasteiger partial charge in [0.1, 0.15) is 72.7 Å². The summed E-state index contributed by atoms with van der Waals surface area (Å²) in [5, 5.41) is 122. The van der Waals surface area contributed by atoms with Gasteiger partial charge < -0.3 is 85.3 Å². The van der Waals surface area contributed by atoms with Gasteiger partial charge in [-0.25, -0.2) is 0 Å². The van der Waals surface area contributed by atoms with Crippen LogP contribution in [0.15, 0.2) is 0 Å². The standard InChI is InChI=1S/C10H20O4.C9H18O5.2C8H16O4/c1-5-6(11)7(12)8(13)9(14-5)10(2,3)4;1-4(2)9-8(13)7(12)6(11)5(3-10)14-9;1-5(2)6-7(10)8(11,3-9)4-12-6;1-4(2)8-7(11)6(10)5(9)3-12-8/h5-9,11-13H,1-4H3;4-13H,3H2,1-2H3;5-7,9-11H,3-4H2,1-2H3;4-11H,3H2,1-2H3/t5?,6-,7-,8?,9+;5?,6-,7?,8?,9+;6-,7?,8-;5-,6?,7?,8+/m0100/s1. The minimum atomic E-state index is -1.46. The maximum atomic E-state index is 9.73. The summed E-state index contributed by atoms with van der Waals surface area (Å²) in [6, 6.07) is 0. The van der Waals surface area contributed by atoms with Gasteiger partial charge >= 0.3 is 0 Å². The Labute approximate surface area is 307 Å². The monoisotopic (exact) mass is 762 g/mol. The van der Waals surface area contributed by atoms with Gasteiger partial charge in [0.05, 0.1) is 56.9 Å². The molecule has 0 aliphatic carbocycles. The highest BCUT2D eigenvalue weighted by Gasteiger charge is 2.49. The van der Waals surface area contributed by atoms with E-state index in [4.69, 9.17) is 34.3 Å². The zero-order chi connectivity index (χ0) is 40.6. The Bertz CT molecular complexity index is 987. The van der Waals surface area contributed by atoms with Crippen molar-refractivity contribution in [1.29, 1.82) is 0 Å². The maximum Gasteiger partial charge on any atom is 0.139 e. The molecule has 4 aliphatic rings. The van der Waals surface area contributed by atoms with Crippen molar-refractivity contribution in [3.63, 3.8) is 0 Å². The lowest BCUT2D eigenvalue weighted by molar-refractivity contribution is -0.239. The average Bonchev–Trinajstić information content (AvgIpc) is 3.37. The lowest BCUT2D eigenvalue weighted by Crippen LogP contribution is -2.59. The van der Waals surface area contributed by atoms with Crippen molar-refractivity contribution in [2.45, 2.75) is 173 Å². The molecule has 4 aliphatic heterocycles. The average molecular weight is 763 g/mol. The molecule has 17 atom stereocenters. The molecule has 4 saturated heterocycles. The second-order valence-corrected chi connectivity index (χ2v) is 16.5. The first-order valence-corrected chi connectivity index (χ1v) is 18.1. The number of hydrogen-bond acceptors (Lipinski definition) is 17. The van der Waals surface area contributed by atoms with Crippen LogP contribution in [0.5, 0.6) is 0 Å². The van der Waals surface area contributed by atoms with Crippen molar-refractivity contribution in [2.75, 3.05) is 26.4 Å². The first-order valence-electron chi connectivity index (χ1n) is 18.1. The molecular formula is C35H70O17. The molecule has 17 nitrogen and oxygen atoms in total. The van der Waals surface area contributed by atoms with Crippen LogP contribution in [0.2, 0.25) is 0 Å². The largest absolute Gasteiger partial charge is 0.394 e. The molecule has 0 aromatic carbocycles. The minimum absolute atomic E-state index is 0.00745. The summed E-state index contributed by atoms with van der Waals surface area (Å²) >= 11 is 0. The molecule has 13 N–H and O–H groups in total. The Morgan fingerprint density at radius 1 is 0.596 bits per heavy atom. The Kier molecular flexibility index (Phi) is 19.9. The third-order valence-corrected chi connectivity index (χ3v) is 9.81. The van der Waals surface area contributed by atoms with Gasteiger partial charge in [-0.1, -0.05) is 62.3 Å². The molecule has 312 valence electrons. The van der Waals surface area contributed by atoms with Gasteiger partial charge in [0, 0.05) is 0 Å². The van der Waals surface area contributed by atoms with Crippen LogP contribution >= 0.6 is 0 Å². The van der Waals surface area contributed by atoms with Crippen LogP contribution in [0.1, 0.15) is 69.2 Å². The predicted octanol–water partition coefficient (Wildman–Crippen LogP) is -3.36. The van der Waals surface area contributed by atoms with E-state index in [1.807, 2.05) is 62.3 Å². The maximum absolute atomic E-state index is 9.73. The van der Waals surface area contributed by atoms with Gasteiger partial charge in [0.25, 0.3) is 0 Å². The van der Waals surface area contributed by atoms with E-state index in [0.717, 1.165) is 0 Å². The molecule has 0 aromatic rings. The SMILES string of the molecule is CC(C)[C@@H]1OC(CO)[C@@H](O)C(O)C1O.CC(C)[C@@H]1OC[C@@](O)(CO)C1O.CC(C)[C@H]1OC[C@H](O)C(O)C1O.CC1O[C@@H](C(C)(C)C)C(O)[C@@H](O)[C@H]1O. The van der Waals surface area contributed by atoms with E-state index in [1.165, 1.54) is 0 Å². The van der Waals surface area contributed by atoms with E-state index in [1.54, 1.807) is 6.92 Å². The fourth-order valence-corrected chi connectivity index (χ4v) is 6.28. The van der Waals surface area contributed by atoms with Crippen molar-refractivity contribution in [1.82, 2.24) is 0 Å². The normalized spacial score (nSPS) is 44.0. The Balaban J connectivity index is 0.000000348. The van der Waals surface area contributed by atoms with E-state index < -0.39 is 97.7 Å². The van der Waals surface area contributed by atoms with E-state index in [-0.39, 0.29) is 55.2 Å². The van der Waals surface area contributed by atoms with Crippen LogP contribution < -0.4 is 0 Å². The number of aliphatic hydroxyl groups is 13.